The number of aryl methyl sites for hydroxylation is 2. The Hall–Kier alpha value is -1.84. The van der Waals surface area contributed by atoms with Crippen LogP contribution in [0.15, 0.2) is 42.5 Å². The highest BCUT2D eigenvalue weighted by Crippen LogP contribution is 2.20. The van der Waals surface area contributed by atoms with Crippen LogP contribution in [-0.2, 0) is 6.42 Å². The van der Waals surface area contributed by atoms with Gasteiger partial charge in [0.25, 0.3) is 5.91 Å². The van der Waals surface area contributed by atoms with Gasteiger partial charge in [-0.2, -0.15) is 0 Å². The highest BCUT2D eigenvalue weighted by Gasteiger charge is 2.13. The Kier molecular flexibility index (Phi) is 5.58. The number of rotatable bonds is 5. The third-order valence-corrected chi connectivity index (χ3v) is 3.95. The number of benzene rings is 2. The van der Waals surface area contributed by atoms with Gasteiger partial charge >= 0.3 is 0 Å². The average Bonchev–Trinajstić information content (AvgIpc) is 2.49. The number of hydrogen-bond donors (Lipinski definition) is 2. The molecule has 0 aromatic heterocycles. The van der Waals surface area contributed by atoms with Crippen LogP contribution in [0.25, 0.3) is 0 Å². The molecule has 2 rings (SSSR count). The van der Waals surface area contributed by atoms with E-state index in [1.165, 1.54) is 0 Å². The van der Waals surface area contributed by atoms with Gasteiger partial charge in [-0.15, -0.1) is 0 Å². The summed E-state index contributed by atoms with van der Waals surface area (Å²) in [6, 6.07) is 13.2. The van der Waals surface area contributed by atoms with Gasteiger partial charge in [-0.25, -0.2) is 0 Å². The van der Waals surface area contributed by atoms with E-state index >= 15 is 0 Å². The van der Waals surface area contributed by atoms with Gasteiger partial charge in [0.2, 0.25) is 0 Å². The van der Waals surface area contributed by atoms with Crippen LogP contribution in [0.4, 0.5) is 0 Å². The summed E-state index contributed by atoms with van der Waals surface area (Å²) in [6.45, 7) is 4.08. The molecule has 0 saturated heterocycles. The van der Waals surface area contributed by atoms with Gasteiger partial charge in [0.15, 0.2) is 0 Å². The Labute approximate surface area is 135 Å². The van der Waals surface area contributed by atoms with E-state index in [0.717, 1.165) is 16.7 Å². The van der Waals surface area contributed by atoms with Crippen molar-refractivity contribution in [1.82, 2.24) is 5.32 Å². The van der Waals surface area contributed by atoms with Crippen LogP contribution in [0.1, 0.15) is 27.0 Å². The van der Waals surface area contributed by atoms with Crippen LogP contribution in [0.5, 0.6) is 0 Å². The SMILES string of the molecule is Cc1cc(Cl)c(C(=O)NCC(O)Cc2ccccc2)cc1C. The molecule has 0 saturated carbocycles. The lowest BCUT2D eigenvalue weighted by Gasteiger charge is -2.13. The maximum atomic E-state index is 12.2. The Bertz CT molecular complexity index is 656. The Morgan fingerprint density at radius 2 is 1.82 bits per heavy atom. The number of amides is 1. The fourth-order valence-electron chi connectivity index (χ4n) is 2.22. The van der Waals surface area contributed by atoms with E-state index in [1.54, 1.807) is 12.1 Å². The zero-order valence-electron chi connectivity index (χ0n) is 12.8. The second kappa shape index (κ2) is 7.43. The zero-order valence-corrected chi connectivity index (χ0v) is 13.5. The van der Waals surface area contributed by atoms with Crippen molar-refractivity contribution in [2.45, 2.75) is 26.4 Å². The molecule has 1 unspecified atom stereocenters. The molecule has 2 aromatic rings. The van der Waals surface area contributed by atoms with E-state index in [-0.39, 0.29) is 12.5 Å². The molecule has 0 aliphatic heterocycles. The van der Waals surface area contributed by atoms with Crippen molar-refractivity contribution in [2.75, 3.05) is 6.54 Å². The number of carbonyl (C=O) groups is 1. The van der Waals surface area contributed by atoms with E-state index in [0.29, 0.717) is 17.0 Å². The van der Waals surface area contributed by atoms with Gasteiger partial charge in [-0.05, 0) is 42.7 Å². The third kappa shape index (κ3) is 4.33. The van der Waals surface area contributed by atoms with Gasteiger partial charge < -0.3 is 10.4 Å². The molecule has 1 amide bonds. The average molecular weight is 318 g/mol. The molecule has 0 fully saturated rings. The van der Waals surface area contributed by atoms with Crippen LogP contribution >= 0.6 is 11.6 Å². The first-order valence-electron chi connectivity index (χ1n) is 7.24. The fraction of sp³-hybridized carbons (Fsp3) is 0.278. The lowest BCUT2D eigenvalue weighted by molar-refractivity contribution is 0.0916. The van der Waals surface area contributed by atoms with Gasteiger partial charge in [-0.3, -0.25) is 4.79 Å². The van der Waals surface area contributed by atoms with Crippen molar-refractivity contribution in [3.63, 3.8) is 0 Å². The topological polar surface area (TPSA) is 49.3 Å². The van der Waals surface area contributed by atoms with E-state index in [2.05, 4.69) is 5.32 Å². The molecule has 0 radical (unpaired) electrons. The predicted octanol–water partition coefficient (Wildman–Crippen LogP) is 3.29. The second-order valence-corrected chi connectivity index (χ2v) is 5.88. The number of aliphatic hydroxyl groups excluding tert-OH is 1. The Balaban J connectivity index is 1.94. The molecule has 1 atom stereocenters. The number of aliphatic hydroxyl groups is 1. The summed E-state index contributed by atoms with van der Waals surface area (Å²) in [5, 5.41) is 13.2. The van der Waals surface area contributed by atoms with Crippen LogP contribution in [-0.4, -0.2) is 23.7 Å². The molecule has 0 bridgehead atoms. The summed E-state index contributed by atoms with van der Waals surface area (Å²) < 4.78 is 0. The molecule has 22 heavy (non-hydrogen) atoms. The molecule has 4 heteroatoms. The molecule has 116 valence electrons. The number of halogens is 1. The summed E-state index contributed by atoms with van der Waals surface area (Å²) in [6.07, 6.45) is -0.126. The molecule has 0 spiro atoms. The Morgan fingerprint density at radius 3 is 2.50 bits per heavy atom. The van der Waals surface area contributed by atoms with Crippen LogP contribution in [0.2, 0.25) is 5.02 Å². The highest BCUT2D eigenvalue weighted by molar-refractivity contribution is 6.34. The molecule has 0 aliphatic carbocycles. The molecule has 2 N–H and O–H groups in total. The minimum absolute atomic E-state index is 0.191. The third-order valence-electron chi connectivity index (χ3n) is 3.64. The molecular weight excluding hydrogens is 298 g/mol. The normalized spacial score (nSPS) is 12.0. The van der Waals surface area contributed by atoms with Crippen LogP contribution < -0.4 is 5.32 Å². The van der Waals surface area contributed by atoms with Crippen molar-refractivity contribution in [3.05, 3.63) is 69.7 Å². The van der Waals surface area contributed by atoms with E-state index in [4.69, 9.17) is 11.6 Å². The summed E-state index contributed by atoms with van der Waals surface area (Å²) in [5.74, 6) is -0.264. The van der Waals surface area contributed by atoms with Crippen LogP contribution in [0.3, 0.4) is 0 Å². The second-order valence-electron chi connectivity index (χ2n) is 5.47. The minimum atomic E-state index is -0.628. The number of hydrogen-bond acceptors (Lipinski definition) is 2. The fourth-order valence-corrected chi connectivity index (χ4v) is 2.52. The smallest absolute Gasteiger partial charge is 0.252 e. The van der Waals surface area contributed by atoms with E-state index < -0.39 is 6.10 Å². The first kappa shape index (κ1) is 16.5. The van der Waals surface area contributed by atoms with Gasteiger partial charge in [0.1, 0.15) is 0 Å². The summed E-state index contributed by atoms with van der Waals surface area (Å²) in [7, 11) is 0. The molecule has 0 heterocycles. The van der Waals surface area contributed by atoms with Crippen molar-refractivity contribution in [1.29, 1.82) is 0 Å². The monoisotopic (exact) mass is 317 g/mol. The predicted molar refractivity (Wildman–Crippen MR) is 89.4 cm³/mol. The highest BCUT2D eigenvalue weighted by atomic mass is 35.5. The molecular formula is C18H20ClNO2. The maximum Gasteiger partial charge on any atom is 0.252 e. The first-order chi connectivity index (χ1) is 10.5. The van der Waals surface area contributed by atoms with Gasteiger partial charge in [0, 0.05) is 13.0 Å². The van der Waals surface area contributed by atoms with E-state index in [1.807, 2.05) is 44.2 Å². The van der Waals surface area contributed by atoms with Crippen molar-refractivity contribution in [2.24, 2.45) is 0 Å². The quantitative estimate of drug-likeness (QED) is 0.889. The van der Waals surface area contributed by atoms with Gasteiger partial charge in [0.05, 0.1) is 16.7 Å². The van der Waals surface area contributed by atoms with E-state index in [9.17, 15) is 9.90 Å². The standard InChI is InChI=1S/C18H20ClNO2/c1-12-8-16(17(19)9-13(12)2)18(22)20-11-15(21)10-14-6-4-3-5-7-14/h3-9,15,21H,10-11H2,1-2H3,(H,20,22). The minimum Gasteiger partial charge on any atom is -0.391 e. The van der Waals surface area contributed by atoms with Gasteiger partial charge in [-0.1, -0.05) is 41.9 Å². The number of carbonyl (C=O) groups excluding carboxylic acids is 1. The molecule has 2 aromatic carbocycles. The Morgan fingerprint density at radius 1 is 1.18 bits per heavy atom. The van der Waals surface area contributed by atoms with Crippen molar-refractivity contribution in [3.8, 4) is 0 Å². The lowest BCUT2D eigenvalue weighted by Crippen LogP contribution is -2.33. The summed E-state index contributed by atoms with van der Waals surface area (Å²) in [4.78, 5) is 12.2. The largest absolute Gasteiger partial charge is 0.391 e. The maximum absolute atomic E-state index is 12.2. The lowest BCUT2D eigenvalue weighted by atomic mass is 10.1. The summed E-state index contributed by atoms with van der Waals surface area (Å²) >= 11 is 6.12. The first-order valence-corrected chi connectivity index (χ1v) is 7.62. The van der Waals surface area contributed by atoms with Crippen LogP contribution in [0, 0.1) is 13.8 Å². The van der Waals surface area contributed by atoms with Crippen molar-refractivity contribution < 1.29 is 9.90 Å². The molecule has 0 aliphatic rings. The molecule has 3 nitrogen and oxygen atoms in total. The number of nitrogens with one attached hydrogen (secondary N) is 1. The van der Waals surface area contributed by atoms with Crippen molar-refractivity contribution >= 4 is 17.5 Å². The summed E-state index contributed by atoms with van der Waals surface area (Å²) in [5.41, 5.74) is 3.54. The zero-order chi connectivity index (χ0) is 16.1.